The minimum Gasteiger partial charge on any atom is -0.346 e. The van der Waals surface area contributed by atoms with Crippen LogP contribution in [0, 0.1) is 5.92 Å². The maximum atomic E-state index is 5.87. The Labute approximate surface area is 85.4 Å². The van der Waals surface area contributed by atoms with Crippen molar-refractivity contribution in [3.8, 4) is 0 Å². The van der Waals surface area contributed by atoms with Gasteiger partial charge in [-0.25, -0.2) is 0 Å². The number of ether oxygens (including phenoxy) is 2. The Kier molecular flexibility index (Phi) is 1.92. The van der Waals surface area contributed by atoms with E-state index in [4.69, 9.17) is 9.47 Å². The Bertz CT molecular complexity index is 237. The van der Waals surface area contributed by atoms with Gasteiger partial charge in [0.15, 0.2) is 5.79 Å². The second kappa shape index (κ2) is 2.94. The van der Waals surface area contributed by atoms with Gasteiger partial charge in [0.2, 0.25) is 0 Å². The second-order valence-corrected chi connectivity index (χ2v) is 5.01. The number of nitrogens with zero attached hydrogens (tertiary/aromatic N) is 1. The van der Waals surface area contributed by atoms with Crippen LogP contribution < -0.4 is 0 Å². The normalized spacial score (nSPS) is 46.3. The van der Waals surface area contributed by atoms with E-state index >= 15 is 0 Å². The summed E-state index contributed by atoms with van der Waals surface area (Å²) >= 11 is 0. The molecule has 14 heavy (non-hydrogen) atoms. The zero-order valence-electron chi connectivity index (χ0n) is 9.03. The molecule has 3 atom stereocenters. The molecular weight excluding hydrogens is 178 g/mol. The fourth-order valence-corrected chi connectivity index (χ4v) is 3.61. The van der Waals surface area contributed by atoms with Crippen LogP contribution in [-0.2, 0) is 9.47 Å². The summed E-state index contributed by atoms with van der Waals surface area (Å²) in [6.45, 7) is 3.92. The van der Waals surface area contributed by atoms with Crippen molar-refractivity contribution in [2.24, 2.45) is 5.92 Å². The lowest BCUT2D eigenvalue weighted by Gasteiger charge is -2.43. The van der Waals surface area contributed by atoms with Crippen LogP contribution in [0.2, 0.25) is 0 Å². The van der Waals surface area contributed by atoms with Crippen molar-refractivity contribution in [2.45, 2.75) is 44.1 Å². The van der Waals surface area contributed by atoms with Crippen LogP contribution in [0.1, 0.15) is 26.2 Å². The molecule has 3 rings (SSSR count). The quantitative estimate of drug-likeness (QED) is 0.583. The van der Waals surface area contributed by atoms with Crippen molar-refractivity contribution in [3.05, 3.63) is 0 Å². The SMILES string of the molecule is C[C@@H]1C[C@H]2N(C)[C@@H]1CCC21OCCO1. The molecule has 3 fully saturated rings. The summed E-state index contributed by atoms with van der Waals surface area (Å²) in [6.07, 6.45) is 3.56. The summed E-state index contributed by atoms with van der Waals surface area (Å²) in [6, 6.07) is 1.26. The minimum absolute atomic E-state index is 0.240. The van der Waals surface area contributed by atoms with Crippen molar-refractivity contribution in [2.75, 3.05) is 20.3 Å². The molecule has 0 aromatic heterocycles. The molecule has 3 heterocycles. The van der Waals surface area contributed by atoms with E-state index in [0.717, 1.165) is 31.6 Å². The smallest absolute Gasteiger partial charge is 0.184 e. The monoisotopic (exact) mass is 197 g/mol. The van der Waals surface area contributed by atoms with Gasteiger partial charge in [-0.2, -0.15) is 0 Å². The molecule has 3 nitrogen and oxygen atoms in total. The summed E-state index contributed by atoms with van der Waals surface area (Å²) in [5, 5.41) is 0. The highest BCUT2D eigenvalue weighted by molar-refractivity contribution is 5.04. The largest absolute Gasteiger partial charge is 0.346 e. The highest BCUT2D eigenvalue weighted by Crippen LogP contribution is 2.47. The van der Waals surface area contributed by atoms with Gasteiger partial charge in [-0.05, 0) is 25.8 Å². The number of hydrogen-bond donors (Lipinski definition) is 0. The third kappa shape index (κ3) is 1.03. The van der Waals surface area contributed by atoms with E-state index in [2.05, 4.69) is 18.9 Å². The molecule has 0 aliphatic carbocycles. The average molecular weight is 197 g/mol. The lowest BCUT2D eigenvalue weighted by atomic mass is 9.96. The Morgan fingerprint density at radius 1 is 1.29 bits per heavy atom. The molecule has 0 unspecified atom stereocenters. The molecule has 3 aliphatic heterocycles. The molecule has 3 aliphatic rings. The van der Waals surface area contributed by atoms with E-state index in [9.17, 15) is 0 Å². The number of fused-ring (bicyclic) bond motifs is 3. The molecular formula is C11H19NO2. The summed E-state index contributed by atoms with van der Waals surface area (Å²) in [5.74, 6) is 0.563. The van der Waals surface area contributed by atoms with E-state index in [-0.39, 0.29) is 5.79 Å². The van der Waals surface area contributed by atoms with Gasteiger partial charge in [-0.15, -0.1) is 0 Å². The van der Waals surface area contributed by atoms with Gasteiger partial charge < -0.3 is 9.47 Å². The van der Waals surface area contributed by atoms with E-state index in [0.29, 0.717) is 6.04 Å². The van der Waals surface area contributed by atoms with Gasteiger partial charge in [-0.1, -0.05) is 6.92 Å². The maximum absolute atomic E-state index is 5.87. The van der Waals surface area contributed by atoms with Crippen molar-refractivity contribution in [1.29, 1.82) is 0 Å². The van der Waals surface area contributed by atoms with Crippen LogP contribution in [0.25, 0.3) is 0 Å². The molecule has 0 N–H and O–H groups in total. The zero-order chi connectivity index (χ0) is 9.76. The third-order valence-corrected chi connectivity index (χ3v) is 4.34. The fourth-order valence-electron chi connectivity index (χ4n) is 3.61. The van der Waals surface area contributed by atoms with Crippen LogP contribution in [0.4, 0.5) is 0 Å². The van der Waals surface area contributed by atoms with Crippen LogP contribution in [-0.4, -0.2) is 43.0 Å². The van der Waals surface area contributed by atoms with Crippen molar-refractivity contribution in [1.82, 2.24) is 4.90 Å². The fraction of sp³-hybridized carbons (Fsp3) is 1.00. The number of rotatable bonds is 0. The van der Waals surface area contributed by atoms with Gasteiger partial charge in [0.05, 0.1) is 19.3 Å². The van der Waals surface area contributed by atoms with Gasteiger partial charge in [0.25, 0.3) is 0 Å². The molecule has 0 amide bonds. The van der Waals surface area contributed by atoms with Crippen LogP contribution in [0.5, 0.6) is 0 Å². The maximum Gasteiger partial charge on any atom is 0.184 e. The molecule has 0 aromatic carbocycles. The second-order valence-electron chi connectivity index (χ2n) is 5.01. The first-order valence-corrected chi connectivity index (χ1v) is 5.73. The molecule has 0 aromatic rings. The molecule has 0 saturated carbocycles. The van der Waals surface area contributed by atoms with Gasteiger partial charge in [-0.3, -0.25) is 4.90 Å². The third-order valence-electron chi connectivity index (χ3n) is 4.34. The van der Waals surface area contributed by atoms with E-state index < -0.39 is 0 Å². The van der Waals surface area contributed by atoms with E-state index in [1.165, 1.54) is 12.8 Å². The number of hydrogen-bond acceptors (Lipinski definition) is 3. The highest BCUT2D eigenvalue weighted by Gasteiger charge is 2.56. The van der Waals surface area contributed by atoms with Crippen LogP contribution >= 0.6 is 0 Å². The van der Waals surface area contributed by atoms with Crippen LogP contribution in [0.3, 0.4) is 0 Å². The van der Waals surface area contributed by atoms with Gasteiger partial charge in [0.1, 0.15) is 0 Å². The standard InChI is InChI=1S/C11H19NO2/c1-8-7-10-11(13-5-6-14-11)4-3-9(8)12(10)2/h8-10H,3-7H2,1-2H3/t8-,9-,10-/m1/s1. The van der Waals surface area contributed by atoms with Gasteiger partial charge in [0, 0.05) is 12.5 Å². The Morgan fingerprint density at radius 3 is 2.71 bits per heavy atom. The van der Waals surface area contributed by atoms with Crippen molar-refractivity contribution in [3.63, 3.8) is 0 Å². The summed E-state index contributed by atoms with van der Waals surface area (Å²) < 4.78 is 11.7. The number of likely N-dealkylation sites (N-methyl/N-ethyl adjacent to an activating group) is 1. The van der Waals surface area contributed by atoms with Gasteiger partial charge >= 0.3 is 0 Å². The Balaban J connectivity index is 1.90. The lowest BCUT2D eigenvalue weighted by Crippen LogP contribution is -2.55. The average Bonchev–Trinajstić information content (AvgIpc) is 2.67. The van der Waals surface area contributed by atoms with Crippen molar-refractivity contribution >= 4 is 0 Å². The summed E-state index contributed by atoms with van der Waals surface area (Å²) in [5.41, 5.74) is 0. The predicted molar refractivity (Wildman–Crippen MR) is 53.0 cm³/mol. The molecule has 0 radical (unpaired) electrons. The minimum atomic E-state index is -0.240. The summed E-state index contributed by atoms with van der Waals surface area (Å²) in [7, 11) is 2.23. The first kappa shape index (κ1) is 9.13. The molecule has 3 heteroatoms. The molecule has 2 bridgehead atoms. The predicted octanol–water partition coefficient (Wildman–Crippen LogP) is 1.23. The van der Waals surface area contributed by atoms with E-state index in [1.54, 1.807) is 0 Å². The highest BCUT2D eigenvalue weighted by atomic mass is 16.7. The lowest BCUT2D eigenvalue weighted by molar-refractivity contribution is -0.215. The molecule has 1 spiro atoms. The topological polar surface area (TPSA) is 21.7 Å². The number of piperidine rings is 1. The molecule has 3 saturated heterocycles. The van der Waals surface area contributed by atoms with Crippen LogP contribution in [0.15, 0.2) is 0 Å². The molecule has 80 valence electrons. The summed E-state index contributed by atoms with van der Waals surface area (Å²) in [4.78, 5) is 2.49. The van der Waals surface area contributed by atoms with E-state index in [1.807, 2.05) is 0 Å². The first-order chi connectivity index (χ1) is 6.73. The first-order valence-electron chi connectivity index (χ1n) is 5.73. The Morgan fingerprint density at radius 2 is 2.00 bits per heavy atom. The van der Waals surface area contributed by atoms with Crippen molar-refractivity contribution < 1.29 is 9.47 Å². The zero-order valence-corrected chi connectivity index (χ0v) is 9.03. The Hall–Kier alpha value is -0.120.